The first-order valence-electron chi connectivity index (χ1n) is 7.12. The van der Waals surface area contributed by atoms with Crippen LogP contribution in [-0.2, 0) is 6.54 Å². The van der Waals surface area contributed by atoms with Crippen LogP contribution in [0.25, 0.3) is 0 Å². The lowest BCUT2D eigenvalue weighted by molar-refractivity contribution is 0.207. The molecule has 1 aliphatic carbocycles. The molecule has 1 heterocycles. The van der Waals surface area contributed by atoms with Crippen molar-refractivity contribution in [2.75, 3.05) is 26.4 Å². The molecular formula is C15H20ClNO3. The van der Waals surface area contributed by atoms with Gasteiger partial charge in [0.1, 0.15) is 0 Å². The van der Waals surface area contributed by atoms with Crippen LogP contribution in [0.15, 0.2) is 12.1 Å². The molecular weight excluding hydrogens is 278 g/mol. The normalized spacial score (nSPS) is 19.5. The van der Waals surface area contributed by atoms with Gasteiger partial charge in [-0.2, -0.15) is 0 Å². The smallest absolute Gasteiger partial charge is 0.179 e. The molecule has 0 saturated heterocycles. The topological polar surface area (TPSA) is 50.7 Å². The zero-order chi connectivity index (χ0) is 14.0. The summed E-state index contributed by atoms with van der Waals surface area (Å²) in [6.45, 7) is 3.13. The summed E-state index contributed by atoms with van der Waals surface area (Å²) >= 11 is 6.26. The first-order valence-corrected chi connectivity index (χ1v) is 7.50. The van der Waals surface area contributed by atoms with E-state index < -0.39 is 0 Å². The predicted molar refractivity (Wildman–Crippen MR) is 77.5 cm³/mol. The van der Waals surface area contributed by atoms with Crippen LogP contribution >= 0.6 is 11.6 Å². The number of ether oxygens (including phenoxy) is 2. The third kappa shape index (κ3) is 3.03. The van der Waals surface area contributed by atoms with E-state index in [0.29, 0.717) is 24.0 Å². The number of rotatable bonds is 5. The van der Waals surface area contributed by atoms with Crippen molar-refractivity contribution < 1.29 is 14.6 Å². The summed E-state index contributed by atoms with van der Waals surface area (Å²) in [7, 11) is 0. The van der Waals surface area contributed by atoms with Crippen LogP contribution in [0.4, 0.5) is 0 Å². The first-order chi connectivity index (χ1) is 9.72. The minimum absolute atomic E-state index is 0.120. The third-order valence-electron chi connectivity index (χ3n) is 3.98. The Balaban J connectivity index is 1.65. The number of hydrogen-bond acceptors (Lipinski definition) is 4. The van der Waals surface area contributed by atoms with E-state index in [2.05, 4.69) is 5.32 Å². The van der Waals surface area contributed by atoms with E-state index in [-0.39, 0.29) is 12.0 Å². The fourth-order valence-electron chi connectivity index (χ4n) is 2.43. The average molecular weight is 298 g/mol. The Bertz CT molecular complexity index is 488. The zero-order valence-electron chi connectivity index (χ0n) is 11.5. The molecule has 2 aliphatic rings. The highest BCUT2D eigenvalue weighted by atomic mass is 35.5. The van der Waals surface area contributed by atoms with Crippen molar-refractivity contribution in [1.82, 2.24) is 5.32 Å². The van der Waals surface area contributed by atoms with Crippen molar-refractivity contribution in [3.63, 3.8) is 0 Å². The molecule has 0 unspecified atom stereocenters. The molecule has 0 spiro atoms. The van der Waals surface area contributed by atoms with Crippen LogP contribution in [-0.4, -0.2) is 31.5 Å². The Morgan fingerprint density at radius 2 is 2.05 bits per heavy atom. The average Bonchev–Trinajstić information content (AvgIpc) is 3.23. The van der Waals surface area contributed by atoms with Crippen molar-refractivity contribution in [3.05, 3.63) is 22.7 Å². The zero-order valence-corrected chi connectivity index (χ0v) is 12.2. The number of benzene rings is 1. The molecule has 1 aromatic rings. The number of fused-ring (bicyclic) bond motifs is 1. The highest BCUT2D eigenvalue weighted by Crippen LogP contribution is 2.44. The molecule has 0 bridgehead atoms. The molecule has 0 atom stereocenters. The highest BCUT2D eigenvalue weighted by Gasteiger charge is 2.41. The minimum Gasteiger partial charge on any atom is -0.489 e. The van der Waals surface area contributed by atoms with Crippen molar-refractivity contribution >= 4 is 11.6 Å². The van der Waals surface area contributed by atoms with E-state index >= 15 is 0 Å². The van der Waals surface area contributed by atoms with Crippen LogP contribution in [0.1, 0.15) is 24.8 Å². The molecule has 0 aromatic heterocycles. The number of aliphatic hydroxyl groups is 1. The fourth-order valence-corrected chi connectivity index (χ4v) is 2.71. The van der Waals surface area contributed by atoms with Crippen LogP contribution < -0.4 is 14.8 Å². The van der Waals surface area contributed by atoms with Gasteiger partial charge in [-0.05, 0) is 30.5 Å². The largest absolute Gasteiger partial charge is 0.489 e. The number of aliphatic hydroxyl groups excluding tert-OH is 1. The van der Waals surface area contributed by atoms with Crippen LogP contribution in [0.2, 0.25) is 5.02 Å². The van der Waals surface area contributed by atoms with Crippen LogP contribution in [0.3, 0.4) is 0 Å². The maximum atomic E-state index is 9.29. The lowest BCUT2D eigenvalue weighted by Gasteiger charge is -2.14. The van der Waals surface area contributed by atoms with Gasteiger partial charge in [0.2, 0.25) is 0 Å². The van der Waals surface area contributed by atoms with E-state index in [9.17, 15) is 5.11 Å². The molecule has 0 radical (unpaired) electrons. The first kappa shape index (κ1) is 14.0. The quantitative estimate of drug-likeness (QED) is 0.876. The summed E-state index contributed by atoms with van der Waals surface area (Å²) in [6, 6.07) is 3.90. The van der Waals surface area contributed by atoms with E-state index in [0.717, 1.165) is 43.7 Å². The molecule has 5 heteroatoms. The van der Waals surface area contributed by atoms with Crippen molar-refractivity contribution in [3.8, 4) is 11.5 Å². The molecule has 1 saturated carbocycles. The molecule has 3 rings (SSSR count). The Kier molecular flexibility index (Phi) is 4.06. The number of halogens is 1. The highest BCUT2D eigenvalue weighted by molar-refractivity contribution is 6.32. The predicted octanol–water partition coefficient (Wildman–Crippen LogP) is 2.36. The Morgan fingerprint density at radius 3 is 2.80 bits per heavy atom. The summed E-state index contributed by atoms with van der Waals surface area (Å²) in [6.07, 6.45) is 3.09. The fraction of sp³-hybridized carbons (Fsp3) is 0.600. The SMILES string of the molecule is OCC1(CNCc2cc(Cl)c3c(c2)OCCCO3)CC1. The number of hydrogen-bond donors (Lipinski definition) is 2. The van der Waals surface area contributed by atoms with Gasteiger partial charge in [0.05, 0.1) is 18.2 Å². The van der Waals surface area contributed by atoms with Crippen molar-refractivity contribution in [1.29, 1.82) is 0 Å². The second kappa shape index (κ2) is 5.80. The summed E-state index contributed by atoms with van der Waals surface area (Å²) in [5, 5.41) is 13.3. The Hall–Kier alpha value is -0.970. The molecule has 1 fully saturated rings. The van der Waals surface area contributed by atoms with Gasteiger partial charge in [-0.25, -0.2) is 0 Å². The molecule has 4 nitrogen and oxygen atoms in total. The van der Waals surface area contributed by atoms with E-state index in [1.807, 2.05) is 12.1 Å². The summed E-state index contributed by atoms with van der Waals surface area (Å²) < 4.78 is 11.3. The van der Waals surface area contributed by atoms with Crippen molar-refractivity contribution in [2.45, 2.75) is 25.8 Å². The van der Waals surface area contributed by atoms with E-state index in [1.54, 1.807) is 0 Å². The molecule has 110 valence electrons. The molecule has 20 heavy (non-hydrogen) atoms. The van der Waals surface area contributed by atoms with Gasteiger partial charge in [0, 0.05) is 31.5 Å². The van der Waals surface area contributed by atoms with Gasteiger partial charge < -0.3 is 19.9 Å². The lowest BCUT2D eigenvalue weighted by Crippen LogP contribution is -2.26. The van der Waals surface area contributed by atoms with Gasteiger partial charge in [-0.15, -0.1) is 0 Å². The molecule has 2 N–H and O–H groups in total. The number of nitrogens with one attached hydrogen (secondary N) is 1. The van der Waals surface area contributed by atoms with Gasteiger partial charge in [0.15, 0.2) is 11.5 Å². The van der Waals surface area contributed by atoms with Gasteiger partial charge >= 0.3 is 0 Å². The molecule has 1 aromatic carbocycles. The van der Waals surface area contributed by atoms with Gasteiger partial charge in [-0.1, -0.05) is 11.6 Å². The second-order valence-electron chi connectivity index (χ2n) is 5.72. The van der Waals surface area contributed by atoms with Crippen LogP contribution in [0.5, 0.6) is 11.5 Å². The summed E-state index contributed by atoms with van der Waals surface area (Å²) in [4.78, 5) is 0. The Labute approximate surface area is 124 Å². The monoisotopic (exact) mass is 297 g/mol. The Morgan fingerprint density at radius 1 is 1.25 bits per heavy atom. The maximum Gasteiger partial charge on any atom is 0.179 e. The van der Waals surface area contributed by atoms with E-state index in [4.69, 9.17) is 21.1 Å². The molecule has 0 amide bonds. The van der Waals surface area contributed by atoms with E-state index in [1.165, 1.54) is 0 Å². The standard InChI is InChI=1S/C15H20ClNO3/c16-12-6-11(8-17-9-15(10-18)2-3-15)7-13-14(12)20-5-1-4-19-13/h6-7,17-18H,1-5,8-10H2. The van der Waals surface area contributed by atoms with Crippen molar-refractivity contribution in [2.24, 2.45) is 5.41 Å². The van der Waals surface area contributed by atoms with Gasteiger partial charge in [-0.3, -0.25) is 0 Å². The van der Waals surface area contributed by atoms with Gasteiger partial charge in [0.25, 0.3) is 0 Å². The summed E-state index contributed by atoms with van der Waals surface area (Å²) in [5.41, 5.74) is 1.20. The third-order valence-corrected chi connectivity index (χ3v) is 4.26. The second-order valence-corrected chi connectivity index (χ2v) is 6.12. The minimum atomic E-state index is 0.120. The van der Waals surface area contributed by atoms with Crippen LogP contribution in [0, 0.1) is 5.41 Å². The molecule has 1 aliphatic heterocycles. The maximum absolute atomic E-state index is 9.29. The summed E-state index contributed by atoms with van der Waals surface area (Å²) in [5.74, 6) is 1.39. The lowest BCUT2D eigenvalue weighted by atomic mass is 10.1.